The molecule has 0 amide bonds. The molecule has 0 saturated carbocycles. The normalized spacial score (nSPS) is 11.5. The van der Waals surface area contributed by atoms with Crippen LogP contribution in [0.25, 0.3) is 16.6 Å². The fourth-order valence-corrected chi connectivity index (χ4v) is 3.57. The topological polar surface area (TPSA) is 70.4 Å². The molecular weight excluding hydrogens is 398 g/mol. The fourth-order valence-electron chi connectivity index (χ4n) is 3.57. The van der Waals surface area contributed by atoms with Crippen molar-refractivity contribution < 1.29 is 0 Å². The molecule has 2 N–H and O–H groups in total. The summed E-state index contributed by atoms with van der Waals surface area (Å²) in [4.78, 5) is 11.1. The van der Waals surface area contributed by atoms with E-state index in [2.05, 4.69) is 63.2 Å². The van der Waals surface area contributed by atoms with Gasteiger partial charge in [0.2, 0.25) is 0 Å². The third kappa shape index (κ3) is 5.06. The molecule has 0 unspecified atom stereocenters. The maximum absolute atomic E-state index is 4.74. The number of anilines is 1. The largest absolute Gasteiger partial charge is 0.363 e. The van der Waals surface area contributed by atoms with Gasteiger partial charge in [0, 0.05) is 52.0 Å². The second-order valence-corrected chi connectivity index (χ2v) is 7.77. The summed E-state index contributed by atoms with van der Waals surface area (Å²) < 4.78 is 1.86. The molecule has 32 heavy (non-hydrogen) atoms. The van der Waals surface area contributed by atoms with Gasteiger partial charge in [-0.1, -0.05) is 30.3 Å². The quantitative estimate of drug-likeness (QED) is 0.349. The van der Waals surface area contributed by atoms with Crippen LogP contribution >= 0.6 is 0 Å². The summed E-state index contributed by atoms with van der Waals surface area (Å²) in [5.74, 6) is 1.73. The van der Waals surface area contributed by atoms with Crippen molar-refractivity contribution in [3.8, 4) is 5.69 Å². The number of aromatic nitrogens is 3. The Morgan fingerprint density at radius 3 is 2.56 bits per heavy atom. The number of hydrogen-bond donors (Lipinski definition) is 2. The molecule has 2 aromatic carbocycles. The van der Waals surface area contributed by atoms with Gasteiger partial charge in [-0.3, -0.25) is 4.99 Å². The first-order valence-electron chi connectivity index (χ1n) is 10.7. The predicted molar refractivity (Wildman–Crippen MR) is 132 cm³/mol. The summed E-state index contributed by atoms with van der Waals surface area (Å²) in [6.07, 6.45) is 4.63. The Hall–Kier alpha value is -3.87. The van der Waals surface area contributed by atoms with Crippen molar-refractivity contribution in [2.75, 3.05) is 32.6 Å². The van der Waals surface area contributed by atoms with E-state index in [0.717, 1.165) is 41.3 Å². The van der Waals surface area contributed by atoms with Crippen LogP contribution in [0.15, 0.2) is 78.0 Å². The number of fused-ring (bicyclic) bond motifs is 1. The molecular formula is C25H29N7. The van der Waals surface area contributed by atoms with Crippen LogP contribution in [0.5, 0.6) is 0 Å². The first kappa shape index (κ1) is 21.4. The third-order valence-corrected chi connectivity index (χ3v) is 5.33. The summed E-state index contributed by atoms with van der Waals surface area (Å²) in [5, 5.41) is 12.3. The van der Waals surface area contributed by atoms with E-state index < -0.39 is 0 Å². The van der Waals surface area contributed by atoms with Crippen LogP contribution < -0.4 is 15.5 Å². The Balaban J connectivity index is 1.35. The Labute approximate surface area is 188 Å². The van der Waals surface area contributed by atoms with Crippen molar-refractivity contribution in [2.24, 2.45) is 4.99 Å². The van der Waals surface area contributed by atoms with Crippen LogP contribution in [0.4, 0.5) is 5.82 Å². The van der Waals surface area contributed by atoms with Gasteiger partial charge in [0.05, 0.1) is 11.2 Å². The van der Waals surface area contributed by atoms with Crippen LogP contribution in [0.3, 0.4) is 0 Å². The number of benzene rings is 2. The molecule has 0 aliphatic carbocycles. The van der Waals surface area contributed by atoms with Gasteiger partial charge >= 0.3 is 0 Å². The molecule has 0 aliphatic heterocycles. The van der Waals surface area contributed by atoms with Crippen molar-refractivity contribution in [1.82, 2.24) is 25.4 Å². The zero-order chi connectivity index (χ0) is 22.3. The fraction of sp³-hybridized carbons (Fsp3) is 0.240. The highest BCUT2D eigenvalue weighted by molar-refractivity contribution is 5.85. The number of nitrogens with one attached hydrogen (secondary N) is 2. The monoisotopic (exact) mass is 427 g/mol. The first-order valence-corrected chi connectivity index (χ1v) is 10.7. The molecule has 0 atom stereocenters. The van der Waals surface area contributed by atoms with Crippen LogP contribution in [-0.4, -0.2) is 48.4 Å². The van der Waals surface area contributed by atoms with Crippen molar-refractivity contribution in [3.05, 3.63) is 84.2 Å². The number of rotatable bonds is 7. The average molecular weight is 428 g/mol. The zero-order valence-electron chi connectivity index (χ0n) is 18.8. The molecule has 4 aromatic rings. The molecule has 0 radical (unpaired) electrons. The second kappa shape index (κ2) is 9.96. The lowest BCUT2D eigenvalue weighted by Gasteiger charge is -2.17. The zero-order valence-corrected chi connectivity index (χ0v) is 18.8. The van der Waals surface area contributed by atoms with E-state index in [-0.39, 0.29) is 0 Å². The molecule has 4 rings (SSSR count). The van der Waals surface area contributed by atoms with Crippen molar-refractivity contribution in [3.63, 3.8) is 0 Å². The van der Waals surface area contributed by atoms with Crippen LogP contribution in [0, 0.1) is 0 Å². The van der Waals surface area contributed by atoms with Gasteiger partial charge in [-0.15, -0.1) is 0 Å². The third-order valence-electron chi connectivity index (χ3n) is 5.33. The molecule has 0 aliphatic rings. The van der Waals surface area contributed by atoms with Gasteiger partial charge in [0.1, 0.15) is 5.82 Å². The highest BCUT2D eigenvalue weighted by atomic mass is 15.3. The molecule has 0 spiro atoms. The number of guanidine groups is 1. The summed E-state index contributed by atoms with van der Waals surface area (Å²) in [7, 11) is 5.82. The van der Waals surface area contributed by atoms with Gasteiger partial charge in [0.15, 0.2) is 5.96 Å². The number of hydrogen-bond acceptors (Lipinski definition) is 4. The predicted octanol–water partition coefficient (Wildman–Crippen LogP) is 3.39. The lowest BCUT2D eigenvalue weighted by molar-refractivity contribution is 0.795. The second-order valence-electron chi connectivity index (χ2n) is 7.77. The lowest BCUT2D eigenvalue weighted by Crippen LogP contribution is -2.37. The first-order chi connectivity index (χ1) is 15.6. The Morgan fingerprint density at radius 2 is 1.84 bits per heavy atom. The molecule has 0 bridgehead atoms. The van der Waals surface area contributed by atoms with Crippen LogP contribution in [0.2, 0.25) is 0 Å². The van der Waals surface area contributed by atoms with Crippen LogP contribution in [0.1, 0.15) is 11.1 Å². The smallest absolute Gasteiger partial charge is 0.191 e. The Morgan fingerprint density at radius 1 is 1.03 bits per heavy atom. The molecule has 2 aromatic heterocycles. The van der Waals surface area contributed by atoms with Crippen molar-refractivity contribution >= 4 is 22.7 Å². The summed E-state index contributed by atoms with van der Waals surface area (Å²) in [5.41, 5.74) is 4.51. The van der Waals surface area contributed by atoms with Gasteiger partial charge in [-0.25, -0.2) is 9.67 Å². The van der Waals surface area contributed by atoms with Gasteiger partial charge < -0.3 is 15.5 Å². The van der Waals surface area contributed by atoms with E-state index >= 15 is 0 Å². The highest BCUT2D eigenvalue weighted by Crippen LogP contribution is 2.22. The summed E-state index contributed by atoms with van der Waals surface area (Å²) in [6, 6.07) is 20.7. The number of pyridine rings is 1. The van der Waals surface area contributed by atoms with E-state index in [1.807, 2.05) is 48.1 Å². The van der Waals surface area contributed by atoms with Crippen molar-refractivity contribution in [2.45, 2.75) is 13.0 Å². The molecule has 0 saturated heterocycles. The SMILES string of the molecule is CN=C(NCCc1ccc(-n2cccn2)cc1)NCc1cc(N(C)C)nc2ccccc12. The molecule has 0 fully saturated rings. The Bertz CT molecular complexity index is 1180. The summed E-state index contributed by atoms with van der Waals surface area (Å²) >= 11 is 0. The van der Waals surface area contributed by atoms with Gasteiger partial charge in [-0.2, -0.15) is 5.10 Å². The van der Waals surface area contributed by atoms with E-state index in [4.69, 9.17) is 4.98 Å². The van der Waals surface area contributed by atoms with E-state index in [1.54, 1.807) is 13.2 Å². The molecule has 2 heterocycles. The molecule has 7 heteroatoms. The van der Waals surface area contributed by atoms with E-state index in [9.17, 15) is 0 Å². The minimum atomic E-state index is 0.669. The average Bonchev–Trinajstić information content (AvgIpc) is 3.36. The van der Waals surface area contributed by atoms with Crippen LogP contribution in [-0.2, 0) is 13.0 Å². The van der Waals surface area contributed by atoms with Gasteiger partial charge in [0.25, 0.3) is 0 Å². The Kier molecular flexibility index (Phi) is 6.65. The number of nitrogens with zero attached hydrogens (tertiary/aromatic N) is 5. The van der Waals surface area contributed by atoms with E-state index in [0.29, 0.717) is 6.54 Å². The maximum Gasteiger partial charge on any atom is 0.191 e. The summed E-state index contributed by atoms with van der Waals surface area (Å²) in [6.45, 7) is 1.46. The molecule has 7 nitrogen and oxygen atoms in total. The number of para-hydroxylation sites is 1. The standard InChI is InChI=1S/C25H29N7/c1-26-25(27-15-13-19-9-11-21(12-10-19)32-16-6-14-29-32)28-18-20-17-24(31(2)3)30-23-8-5-4-7-22(20)23/h4-12,14,16-17H,13,15,18H2,1-3H3,(H2,26,27,28). The van der Waals surface area contributed by atoms with E-state index in [1.165, 1.54) is 11.1 Å². The minimum Gasteiger partial charge on any atom is -0.363 e. The maximum atomic E-state index is 4.74. The highest BCUT2D eigenvalue weighted by Gasteiger charge is 2.08. The number of aliphatic imine (C=N–C) groups is 1. The molecule has 164 valence electrons. The van der Waals surface area contributed by atoms with Gasteiger partial charge in [-0.05, 0) is 47.9 Å². The van der Waals surface area contributed by atoms with Crippen molar-refractivity contribution in [1.29, 1.82) is 0 Å². The lowest BCUT2D eigenvalue weighted by atomic mass is 10.1. The minimum absolute atomic E-state index is 0.669.